The van der Waals surface area contributed by atoms with Crippen LogP contribution in [0.5, 0.6) is 0 Å². The number of rotatable bonds is 4. The first-order valence-corrected chi connectivity index (χ1v) is 22.8. The van der Waals surface area contributed by atoms with Gasteiger partial charge in [-0.15, -0.1) is 0 Å². The van der Waals surface area contributed by atoms with Crippen molar-refractivity contribution < 1.29 is 0 Å². The molecule has 0 amide bonds. The third kappa shape index (κ3) is 4.82. The Morgan fingerprint density at radius 1 is 0.182 bits per heavy atom. The van der Waals surface area contributed by atoms with Crippen molar-refractivity contribution in [3.8, 4) is 22.7 Å². The Balaban J connectivity index is 1.06. The Morgan fingerprint density at radius 2 is 0.470 bits per heavy atom. The highest BCUT2D eigenvalue weighted by Gasteiger charge is 2.24. The van der Waals surface area contributed by atoms with Crippen molar-refractivity contribution in [2.75, 3.05) is 0 Å². The van der Waals surface area contributed by atoms with E-state index in [4.69, 9.17) is 0 Å². The number of benzene rings is 11. The maximum absolute atomic E-state index is 2.52. The van der Waals surface area contributed by atoms with E-state index < -0.39 is 0 Å². The van der Waals surface area contributed by atoms with Gasteiger partial charge in [-0.3, -0.25) is 0 Å². The molecule has 0 spiro atoms. The van der Waals surface area contributed by atoms with Crippen molar-refractivity contribution >= 4 is 109 Å². The lowest BCUT2D eigenvalue weighted by molar-refractivity contribution is 1.12. The molecule has 4 heterocycles. The van der Waals surface area contributed by atoms with Crippen LogP contribution in [0, 0.1) is 0 Å². The molecule has 0 unspecified atom stereocenters. The second kappa shape index (κ2) is 13.3. The van der Waals surface area contributed by atoms with E-state index in [1.54, 1.807) is 0 Å². The van der Waals surface area contributed by atoms with E-state index in [9.17, 15) is 0 Å². The van der Waals surface area contributed by atoms with E-state index in [2.05, 4.69) is 249 Å². The molecule has 11 aromatic carbocycles. The van der Waals surface area contributed by atoms with Crippen LogP contribution in [0.1, 0.15) is 0 Å². The van der Waals surface area contributed by atoms with Gasteiger partial charge in [-0.1, -0.05) is 164 Å². The molecule has 0 aliphatic rings. The zero-order valence-electron chi connectivity index (χ0n) is 35.7. The molecule has 0 fully saturated rings. The van der Waals surface area contributed by atoms with Gasteiger partial charge in [0.15, 0.2) is 0 Å². The van der Waals surface area contributed by atoms with E-state index >= 15 is 0 Å². The summed E-state index contributed by atoms with van der Waals surface area (Å²) < 4.78 is 10.0. The number of para-hydroxylation sites is 4. The molecule has 306 valence electrons. The summed E-state index contributed by atoms with van der Waals surface area (Å²) in [7, 11) is 0. The van der Waals surface area contributed by atoms with Gasteiger partial charge in [0.2, 0.25) is 0 Å². The Kier molecular flexibility index (Phi) is 7.19. The summed E-state index contributed by atoms with van der Waals surface area (Å²) >= 11 is 0. The summed E-state index contributed by atoms with van der Waals surface area (Å²) in [6, 6.07) is 85.2. The van der Waals surface area contributed by atoms with Crippen molar-refractivity contribution in [1.82, 2.24) is 18.3 Å². The number of fused-ring (bicyclic) bond motifs is 16. The van der Waals surface area contributed by atoms with Crippen molar-refractivity contribution in [1.29, 1.82) is 0 Å². The Bertz CT molecular complexity index is 4250. The lowest BCUT2D eigenvalue weighted by atomic mass is 10.1. The molecule has 15 aromatic rings. The Morgan fingerprint density at radius 3 is 0.818 bits per heavy atom. The fraction of sp³-hybridized carbons (Fsp3) is 0. The lowest BCUT2D eigenvalue weighted by Gasteiger charge is -2.16. The minimum atomic E-state index is 1.11. The smallest absolute Gasteiger partial charge is 0.0788 e. The summed E-state index contributed by atoms with van der Waals surface area (Å²) in [4.78, 5) is 0. The molecule has 0 saturated heterocycles. The Hall–Kier alpha value is -8.86. The molecule has 66 heavy (non-hydrogen) atoms. The van der Waals surface area contributed by atoms with Gasteiger partial charge in [-0.25, -0.2) is 0 Å². The summed E-state index contributed by atoms with van der Waals surface area (Å²) in [6.45, 7) is 0. The zero-order chi connectivity index (χ0) is 43.0. The molecule has 4 aromatic heterocycles. The molecule has 0 N–H and O–H groups in total. The summed E-state index contributed by atoms with van der Waals surface area (Å²) in [5, 5.41) is 14.8. The van der Waals surface area contributed by atoms with Crippen molar-refractivity contribution in [3.63, 3.8) is 0 Å². The summed E-state index contributed by atoms with van der Waals surface area (Å²) in [5.41, 5.74) is 14.0. The normalized spacial score (nSPS) is 12.2. The molecule has 0 bridgehead atoms. The molecule has 0 aliphatic carbocycles. The van der Waals surface area contributed by atoms with E-state index in [0.717, 1.165) is 22.7 Å². The molecule has 4 heteroatoms. The number of nitrogens with zero attached hydrogens (tertiary/aromatic N) is 4. The minimum absolute atomic E-state index is 1.11. The van der Waals surface area contributed by atoms with Gasteiger partial charge in [0, 0.05) is 65.8 Å². The van der Waals surface area contributed by atoms with E-state index in [1.807, 2.05) is 0 Å². The van der Waals surface area contributed by atoms with Gasteiger partial charge in [0.25, 0.3) is 0 Å². The van der Waals surface area contributed by atoms with Crippen LogP contribution in [-0.4, -0.2) is 18.3 Å². The highest BCUT2D eigenvalue weighted by molar-refractivity contribution is 6.25. The number of aromatic nitrogens is 4. The SMILES string of the molecule is c1cc(-n2c3ccccc3c3ccc4c5ccccc5n(-c5ccc6ccccc6c5)c4c32)cc(-n2c3ccccc3c3ccc4c5ccccc5n(-c5ccc6ccccc6c5)c4c32)c1. The van der Waals surface area contributed by atoms with Gasteiger partial charge in [-0.2, -0.15) is 0 Å². The second-order valence-electron chi connectivity index (χ2n) is 17.7. The van der Waals surface area contributed by atoms with Crippen molar-refractivity contribution in [3.05, 3.63) is 231 Å². The van der Waals surface area contributed by atoms with Crippen LogP contribution in [0.15, 0.2) is 231 Å². The summed E-state index contributed by atoms with van der Waals surface area (Å²) in [6.07, 6.45) is 0. The fourth-order valence-corrected chi connectivity index (χ4v) is 11.5. The van der Waals surface area contributed by atoms with Gasteiger partial charge >= 0.3 is 0 Å². The average Bonchev–Trinajstić information content (AvgIpc) is 4.11. The van der Waals surface area contributed by atoms with Crippen LogP contribution in [0.2, 0.25) is 0 Å². The molecule has 0 saturated carbocycles. The fourth-order valence-electron chi connectivity index (χ4n) is 11.5. The topological polar surface area (TPSA) is 19.7 Å². The molecule has 0 atom stereocenters. The molecule has 0 radical (unpaired) electrons. The predicted molar refractivity (Wildman–Crippen MR) is 279 cm³/mol. The van der Waals surface area contributed by atoms with Gasteiger partial charge in [0.05, 0.1) is 44.1 Å². The van der Waals surface area contributed by atoms with E-state index in [0.29, 0.717) is 0 Å². The summed E-state index contributed by atoms with van der Waals surface area (Å²) in [5.74, 6) is 0. The van der Waals surface area contributed by atoms with Crippen LogP contribution in [0.4, 0.5) is 0 Å². The van der Waals surface area contributed by atoms with Crippen LogP contribution < -0.4 is 0 Å². The first-order chi connectivity index (χ1) is 32.8. The number of hydrogen-bond donors (Lipinski definition) is 0. The quantitative estimate of drug-likeness (QED) is 0.168. The Labute approximate surface area is 378 Å². The first-order valence-electron chi connectivity index (χ1n) is 22.8. The lowest BCUT2D eigenvalue weighted by Crippen LogP contribution is -2.01. The van der Waals surface area contributed by atoms with Crippen LogP contribution in [0.3, 0.4) is 0 Å². The molecule has 4 nitrogen and oxygen atoms in total. The van der Waals surface area contributed by atoms with E-state index in [-0.39, 0.29) is 0 Å². The third-order valence-corrected chi connectivity index (χ3v) is 14.3. The zero-order valence-corrected chi connectivity index (χ0v) is 35.7. The molecule has 0 aliphatic heterocycles. The van der Waals surface area contributed by atoms with Gasteiger partial charge < -0.3 is 18.3 Å². The highest BCUT2D eigenvalue weighted by Crippen LogP contribution is 2.45. The maximum Gasteiger partial charge on any atom is 0.0788 e. The van der Waals surface area contributed by atoms with Crippen molar-refractivity contribution in [2.45, 2.75) is 0 Å². The standard InChI is InChI=1S/C62H38N4/c1-3-16-41-36-45(30-28-39(41)14-1)65-57-26-11-7-22-49(57)53-34-32-51-47-20-5-9-24-55(47)63(59(51)61(53)65)43-18-13-19-44(38-43)64-56-25-10-6-21-48(56)52-33-35-54-50-23-8-12-27-58(50)66(62(54)60(52)64)46-31-29-40-15-2-4-17-42(40)37-46/h1-38H. The molecule has 15 rings (SSSR count). The van der Waals surface area contributed by atoms with Gasteiger partial charge in [0.1, 0.15) is 0 Å². The van der Waals surface area contributed by atoms with Crippen molar-refractivity contribution in [2.24, 2.45) is 0 Å². The average molecular weight is 839 g/mol. The highest BCUT2D eigenvalue weighted by atomic mass is 15.1. The third-order valence-electron chi connectivity index (χ3n) is 14.3. The largest absolute Gasteiger partial charge is 0.307 e. The predicted octanol–water partition coefficient (Wildman–Crippen LogP) is 16.4. The first kappa shape index (κ1) is 35.6. The van der Waals surface area contributed by atoms with Gasteiger partial charge in [-0.05, 0) is 88.3 Å². The van der Waals surface area contributed by atoms with Crippen LogP contribution in [-0.2, 0) is 0 Å². The monoisotopic (exact) mass is 838 g/mol. The minimum Gasteiger partial charge on any atom is -0.307 e. The van der Waals surface area contributed by atoms with Crippen LogP contribution >= 0.6 is 0 Å². The second-order valence-corrected chi connectivity index (χ2v) is 17.7. The van der Waals surface area contributed by atoms with E-state index in [1.165, 1.54) is 109 Å². The molecular formula is C62H38N4. The molecular weight excluding hydrogens is 801 g/mol. The van der Waals surface area contributed by atoms with Crippen LogP contribution in [0.25, 0.3) is 132 Å². The number of hydrogen-bond acceptors (Lipinski definition) is 0. The maximum atomic E-state index is 2.52.